The lowest BCUT2D eigenvalue weighted by molar-refractivity contribution is -0.139. The highest BCUT2D eigenvalue weighted by atomic mass is 32.2. The van der Waals surface area contributed by atoms with Gasteiger partial charge in [0.15, 0.2) is 5.76 Å². The van der Waals surface area contributed by atoms with Gasteiger partial charge in [0.05, 0.1) is 18.1 Å². The third kappa shape index (κ3) is 4.50. The minimum absolute atomic E-state index is 0.0353. The third-order valence-electron chi connectivity index (χ3n) is 3.30. The van der Waals surface area contributed by atoms with Gasteiger partial charge >= 0.3 is 0 Å². The van der Waals surface area contributed by atoms with Crippen LogP contribution >= 0.6 is 11.8 Å². The van der Waals surface area contributed by atoms with Crippen LogP contribution in [-0.4, -0.2) is 39.5 Å². The van der Waals surface area contributed by atoms with E-state index in [1.165, 1.54) is 0 Å². The van der Waals surface area contributed by atoms with E-state index in [2.05, 4.69) is 10.5 Å². The molecule has 0 aliphatic carbocycles. The van der Waals surface area contributed by atoms with Gasteiger partial charge in [-0.3, -0.25) is 9.59 Å². The second-order valence-corrected chi connectivity index (χ2v) is 7.77. The quantitative estimate of drug-likeness (QED) is 0.915. The lowest BCUT2D eigenvalue weighted by Gasteiger charge is -2.26. The predicted octanol–water partition coefficient (Wildman–Crippen LogP) is 1.94. The first kappa shape index (κ1) is 16.9. The molecule has 1 fully saturated rings. The van der Waals surface area contributed by atoms with Gasteiger partial charge in [-0.2, -0.15) is 0 Å². The molecule has 0 bridgehead atoms. The number of nitrogens with one attached hydrogen (secondary N) is 1. The molecule has 1 N–H and O–H groups in total. The summed E-state index contributed by atoms with van der Waals surface area (Å²) in [5.74, 6) is 1.73. The number of amides is 2. The first-order valence-corrected chi connectivity index (χ1v) is 8.49. The third-order valence-corrected chi connectivity index (χ3v) is 4.31. The maximum Gasteiger partial charge on any atom is 0.244 e. The molecule has 1 unspecified atom stereocenters. The molecule has 0 saturated carbocycles. The Morgan fingerprint density at radius 2 is 2.23 bits per heavy atom. The van der Waals surface area contributed by atoms with E-state index in [1.807, 2.05) is 27.7 Å². The van der Waals surface area contributed by atoms with Crippen molar-refractivity contribution in [1.29, 1.82) is 0 Å². The summed E-state index contributed by atoms with van der Waals surface area (Å²) in [6.07, 6.45) is 0.443. The SMILES string of the molecule is Cc1cc(CNC(=O)C2CSCN2C(=O)CC(C)(C)C)on1. The van der Waals surface area contributed by atoms with Crippen LogP contribution in [0, 0.1) is 12.3 Å². The predicted molar refractivity (Wildman–Crippen MR) is 85.1 cm³/mol. The highest BCUT2D eigenvalue weighted by Crippen LogP contribution is 2.26. The molecule has 7 heteroatoms. The van der Waals surface area contributed by atoms with Gasteiger partial charge in [-0.15, -0.1) is 11.8 Å². The zero-order chi connectivity index (χ0) is 16.3. The minimum atomic E-state index is -0.399. The minimum Gasteiger partial charge on any atom is -0.359 e. The lowest BCUT2D eigenvalue weighted by Crippen LogP contribution is -2.47. The summed E-state index contributed by atoms with van der Waals surface area (Å²) in [7, 11) is 0. The average molecular weight is 325 g/mol. The van der Waals surface area contributed by atoms with Crippen LogP contribution < -0.4 is 5.32 Å². The first-order chi connectivity index (χ1) is 10.3. The van der Waals surface area contributed by atoms with E-state index >= 15 is 0 Å². The smallest absolute Gasteiger partial charge is 0.244 e. The number of rotatable bonds is 4. The second kappa shape index (κ2) is 6.73. The van der Waals surface area contributed by atoms with Crippen LogP contribution in [0.15, 0.2) is 10.6 Å². The maximum absolute atomic E-state index is 12.4. The van der Waals surface area contributed by atoms with E-state index < -0.39 is 6.04 Å². The zero-order valence-electron chi connectivity index (χ0n) is 13.5. The summed E-state index contributed by atoms with van der Waals surface area (Å²) in [5.41, 5.74) is 0.700. The van der Waals surface area contributed by atoms with E-state index in [-0.39, 0.29) is 17.2 Å². The summed E-state index contributed by atoms with van der Waals surface area (Å²) in [6, 6.07) is 1.38. The summed E-state index contributed by atoms with van der Waals surface area (Å²) >= 11 is 1.61. The average Bonchev–Trinajstić information content (AvgIpc) is 3.02. The van der Waals surface area contributed by atoms with Gasteiger partial charge in [0.1, 0.15) is 6.04 Å². The molecule has 1 aromatic rings. The number of hydrogen-bond donors (Lipinski definition) is 1. The Labute approximate surface area is 135 Å². The fourth-order valence-electron chi connectivity index (χ4n) is 2.25. The van der Waals surface area contributed by atoms with Crippen molar-refractivity contribution in [3.63, 3.8) is 0 Å². The van der Waals surface area contributed by atoms with E-state index in [0.717, 1.165) is 5.69 Å². The van der Waals surface area contributed by atoms with E-state index in [0.29, 0.717) is 30.4 Å². The van der Waals surface area contributed by atoms with Gasteiger partial charge in [0.25, 0.3) is 0 Å². The van der Waals surface area contributed by atoms with Crippen molar-refractivity contribution in [2.45, 2.75) is 46.7 Å². The molecule has 2 amide bonds. The number of carbonyl (C=O) groups excluding carboxylic acids is 2. The molecule has 2 rings (SSSR count). The highest BCUT2D eigenvalue weighted by Gasteiger charge is 2.35. The molecule has 6 nitrogen and oxygen atoms in total. The van der Waals surface area contributed by atoms with Gasteiger partial charge < -0.3 is 14.7 Å². The Bertz CT molecular complexity index is 550. The molecular weight excluding hydrogens is 302 g/mol. The van der Waals surface area contributed by atoms with Gasteiger partial charge in [0.2, 0.25) is 11.8 Å². The van der Waals surface area contributed by atoms with Crippen molar-refractivity contribution in [3.05, 3.63) is 17.5 Å². The Morgan fingerprint density at radius 3 is 2.82 bits per heavy atom. The Balaban J connectivity index is 1.91. The van der Waals surface area contributed by atoms with Crippen molar-refractivity contribution in [2.24, 2.45) is 5.41 Å². The van der Waals surface area contributed by atoms with Crippen LogP contribution in [-0.2, 0) is 16.1 Å². The highest BCUT2D eigenvalue weighted by molar-refractivity contribution is 7.99. The van der Waals surface area contributed by atoms with Crippen molar-refractivity contribution < 1.29 is 14.1 Å². The summed E-state index contributed by atoms with van der Waals surface area (Å²) < 4.78 is 5.07. The molecule has 2 heterocycles. The molecule has 1 aromatic heterocycles. The summed E-state index contributed by atoms with van der Waals surface area (Å²) in [6.45, 7) is 8.19. The van der Waals surface area contributed by atoms with Crippen LogP contribution in [0.4, 0.5) is 0 Å². The largest absolute Gasteiger partial charge is 0.359 e. The van der Waals surface area contributed by atoms with Crippen molar-refractivity contribution >= 4 is 23.6 Å². The molecule has 122 valence electrons. The molecule has 1 saturated heterocycles. The number of hydrogen-bond acceptors (Lipinski definition) is 5. The number of aryl methyl sites for hydroxylation is 1. The van der Waals surface area contributed by atoms with Crippen LogP contribution in [0.1, 0.15) is 38.6 Å². The topological polar surface area (TPSA) is 75.4 Å². The summed E-state index contributed by atoms with van der Waals surface area (Å²) in [5, 5.41) is 6.60. The van der Waals surface area contributed by atoms with Gasteiger partial charge in [-0.25, -0.2) is 0 Å². The van der Waals surface area contributed by atoms with Crippen molar-refractivity contribution in [2.75, 3.05) is 11.6 Å². The lowest BCUT2D eigenvalue weighted by atomic mass is 9.91. The van der Waals surface area contributed by atoms with E-state index in [1.54, 1.807) is 22.7 Å². The van der Waals surface area contributed by atoms with Crippen LogP contribution in [0.2, 0.25) is 0 Å². The molecule has 1 atom stereocenters. The number of carbonyl (C=O) groups is 2. The normalized spacial score (nSPS) is 18.5. The van der Waals surface area contributed by atoms with E-state index in [9.17, 15) is 9.59 Å². The first-order valence-electron chi connectivity index (χ1n) is 7.33. The van der Waals surface area contributed by atoms with Crippen molar-refractivity contribution in [3.8, 4) is 0 Å². The van der Waals surface area contributed by atoms with Crippen LogP contribution in [0.25, 0.3) is 0 Å². The molecule has 1 aliphatic rings. The van der Waals surface area contributed by atoms with Crippen LogP contribution in [0.3, 0.4) is 0 Å². The maximum atomic E-state index is 12.4. The zero-order valence-corrected chi connectivity index (χ0v) is 14.3. The molecule has 0 aromatic carbocycles. The second-order valence-electron chi connectivity index (χ2n) is 6.77. The standard InChI is InChI=1S/C15H23N3O3S/c1-10-5-11(21-17-10)7-16-14(20)12-8-22-9-18(12)13(19)6-15(2,3)4/h5,12H,6-9H2,1-4H3,(H,16,20). The Morgan fingerprint density at radius 1 is 1.50 bits per heavy atom. The molecular formula is C15H23N3O3S. The van der Waals surface area contributed by atoms with Crippen molar-refractivity contribution in [1.82, 2.24) is 15.4 Å². The number of nitrogens with zero attached hydrogens (tertiary/aromatic N) is 2. The number of aromatic nitrogens is 1. The Hall–Kier alpha value is -1.50. The fraction of sp³-hybridized carbons (Fsp3) is 0.667. The number of thioether (sulfide) groups is 1. The Kier molecular flexibility index (Phi) is 5.16. The van der Waals surface area contributed by atoms with E-state index in [4.69, 9.17) is 4.52 Å². The van der Waals surface area contributed by atoms with Crippen LogP contribution in [0.5, 0.6) is 0 Å². The molecule has 22 heavy (non-hydrogen) atoms. The van der Waals surface area contributed by atoms with Gasteiger partial charge in [-0.1, -0.05) is 25.9 Å². The monoisotopic (exact) mass is 325 g/mol. The van der Waals surface area contributed by atoms with Gasteiger partial charge in [-0.05, 0) is 12.3 Å². The molecule has 1 aliphatic heterocycles. The fourth-order valence-corrected chi connectivity index (χ4v) is 3.43. The molecule has 0 radical (unpaired) electrons. The summed E-state index contributed by atoms with van der Waals surface area (Å²) in [4.78, 5) is 26.4. The van der Waals surface area contributed by atoms with Gasteiger partial charge in [0, 0.05) is 18.2 Å². The molecule has 0 spiro atoms.